The predicted molar refractivity (Wildman–Crippen MR) is 89.3 cm³/mol. The zero-order chi connectivity index (χ0) is 15.5. The second-order valence-corrected chi connectivity index (χ2v) is 6.04. The third-order valence-electron chi connectivity index (χ3n) is 3.44. The number of ether oxygens (including phenoxy) is 1. The molecule has 0 unspecified atom stereocenters. The number of oxazole rings is 1. The van der Waals surface area contributed by atoms with Gasteiger partial charge in [0.25, 0.3) is 0 Å². The minimum Gasteiger partial charge on any atom is -0.493 e. The summed E-state index contributed by atoms with van der Waals surface area (Å²) in [6, 6.07) is 9.46. The van der Waals surface area contributed by atoms with E-state index < -0.39 is 0 Å². The molecule has 4 nitrogen and oxygen atoms in total. The number of hydrogen-bond acceptors (Lipinski definition) is 5. The van der Waals surface area contributed by atoms with Gasteiger partial charge in [-0.05, 0) is 55.1 Å². The molecule has 2 N–H and O–H groups in total. The highest BCUT2D eigenvalue weighted by Gasteiger charge is 2.14. The Kier molecular flexibility index (Phi) is 4.15. The lowest BCUT2D eigenvalue weighted by Gasteiger charge is -2.05. The lowest BCUT2D eigenvalue weighted by Crippen LogP contribution is -2.02. The van der Waals surface area contributed by atoms with E-state index in [9.17, 15) is 0 Å². The maximum Gasteiger partial charge on any atom is 0.236 e. The summed E-state index contributed by atoms with van der Waals surface area (Å²) < 4.78 is 11.5. The summed E-state index contributed by atoms with van der Waals surface area (Å²) in [5, 5.41) is 2.05. The number of nitrogen functional groups attached to an aromatic ring is 1. The molecular formula is C17H18N2O2S. The minimum atomic E-state index is 0.556. The van der Waals surface area contributed by atoms with Gasteiger partial charge in [0.2, 0.25) is 5.89 Å². The molecule has 0 amide bonds. The molecule has 0 saturated carbocycles. The molecule has 0 aliphatic rings. The number of nitrogens with zero attached hydrogens (tertiary/aromatic N) is 1. The van der Waals surface area contributed by atoms with E-state index in [-0.39, 0.29) is 0 Å². The number of benzene rings is 1. The first-order chi connectivity index (χ1) is 10.6. The van der Waals surface area contributed by atoms with E-state index in [1.54, 1.807) is 11.3 Å². The van der Waals surface area contributed by atoms with Crippen molar-refractivity contribution >= 4 is 17.0 Å². The van der Waals surface area contributed by atoms with Gasteiger partial charge in [0.15, 0.2) is 0 Å². The molecule has 0 atom stereocenters. The summed E-state index contributed by atoms with van der Waals surface area (Å²) in [6.07, 6.45) is 0.712. The fourth-order valence-electron chi connectivity index (χ4n) is 2.18. The third kappa shape index (κ3) is 3.14. The normalized spacial score (nSPS) is 10.8. The van der Waals surface area contributed by atoms with Gasteiger partial charge in [-0.15, -0.1) is 11.3 Å². The highest BCUT2D eigenvalue weighted by atomic mass is 32.1. The Balaban J connectivity index is 1.65. The van der Waals surface area contributed by atoms with E-state index in [0.717, 1.165) is 27.8 Å². The Morgan fingerprint density at radius 3 is 2.64 bits per heavy atom. The molecule has 0 radical (unpaired) electrons. The summed E-state index contributed by atoms with van der Waals surface area (Å²) >= 11 is 1.65. The van der Waals surface area contributed by atoms with Crippen molar-refractivity contribution in [3.63, 3.8) is 0 Å². The lowest BCUT2D eigenvalue weighted by molar-refractivity contribution is 0.320. The van der Waals surface area contributed by atoms with Crippen LogP contribution in [-0.4, -0.2) is 11.6 Å². The van der Waals surface area contributed by atoms with Crippen molar-refractivity contribution in [2.75, 3.05) is 12.3 Å². The highest BCUT2D eigenvalue weighted by molar-refractivity contribution is 7.13. The number of thiophene rings is 1. The molecule has 114 valence electrons. The molecule has 0 saturated heterocycles. The fourth-order valence-corrected chi connectivity index (χ4v) is 3.03. The standard InChI is InChI=1S/C17H18N2O2S/c1-11-8-10-22-16(11)17-19-15(12(2)21-17)7-9-20-14-5-3-13(18)4-6-14/h3-6,8,10H,7,9,18H2,1-2H3. The largest absolute Gasteiger partial charge is 0.493 e. The van der Waals surface area contributed by atoms with Crippen LogP contribution in [0.25, 0.3) is 10.8 Å². The van der Waals surface area contributed by atoms with Crippen LogP contribution in [0.3, 0.4) is 0 Å². The second kappa shape index (κ2) is 6.23. The van der Waals surface area contributed by atoms with Crippen molar-refractivity contribution in [2.45, 2.75) is 20.3 Å². The first-order valence-corrected chi connectivity index (χ1v) is 8.00. The smallest absolute Gasteiger partial charge is 0.236 e. The van der Waals surface area contributed by atoms with E-state index in [2.05, 4.69) is 18.0 Å². The molecule has 0 aliphatic heterocycles. The van der Waals surface area contributed by atoms with Gasteiger partial charge in [0.1, 0.15) is 11.5 Å². The summed E-state index contributed by atoms with van der Waals surface area (Å²) in [4.78, 5) is 5.69. The molecule has 0 spiro atoms. The molecule has 3 rings (SSSR count). The summed E-state index contributed by atoms with van der Waals surface area (Å²) in [5.74, 6) is 2.36. The van der Waals surface area contributed by atoms with Crippen LogP contribution in [0.2, 0.25) is 0 Å². The van der Waals surface area contributed by atoms with Gasteiger partial charge in [-0.25, -0.2) is 4.98 Å². The van der Waals surface area contributed by atoms with Crippen LogP contribution in [0.5, 0.6) is 5.75 Å². The van der Waals surface area contributed by atoms with Gasteiger partial charge >= 0.3 is 0 Å². The monoisotopic (exact) mass is 314 g/mol. The first-order valence-electron chi connectivity index (χ1n) is 7.12. The number of aryl methyl sites for hydroxylation is 2. The van der Waals surface area contributed by atoms with Gasteiger partial charge in [-0.1, -0.05) is 0 Å². The average Bonchev–Trinajstić information content (AvgIpc) is 3.07. The number of rotatable bonds is 5. The molecule has 0 fully saturated rings. The van der Waals surface area contributed by atoms with Crippen molar-refractivity contribution in [2.24, 2.45) is 0 Å². The SMILES string of the molecule is Cc1ccsc1-c1nc(CCOc2ccc(N)cc2)c(C)o1. The van der Waals surface area contributed by atoms with E-state index in [4.69, 9.17) is 14.9 Å². The number of anilines is 1. The van der Waals surface area contributed by atoms with Gasteiger partial charge in [-0.2, -0.15) is 0 Å². The van der Waals surface area contributed by atoms with Crippen molar-refractivity contribution in [3.8, 4) is 16.5 Å². The zero-order valence-electron chi connectivity index (χ0n) is 12.6. The van der Waals surface area contributed by atoms with Crippen molar-refractivity contribution in [1.82, 2.24) is 4.98 Å². The third-order valence-corrected chi connectivity index (χ3v) is 4.44. The number of nitrogens with two attached hydrogens (primary N) is 1. The number of aromatic nitrogens is 1. The molecule has 0 aliphatic carbocycles. The minimum absolute atomic E-state index is 0.556. The van der Waals surface area contributed by atoms with Crippen LogP contribution < -0.4 is 10.5 Å². The molecule has 3 aromatic rings. The lowest BCUT2D eigenvalue weighted by atomic mass is 10.3. The maximum absolute atomic E-state index is 5.79. The highest BCUT2D eigenvalue weighted by Crippen LogP contribution is 2.29. The summed E-state index contributed by atoms with van der Waals surface area (Å²) in [6.45, 7) is 4.56. The molecule has 2 heterocycles. The van der Waals surface area contributed by atoms with E-state index in [0.29, 0.717) is 18.9 Å². The predicted octanol–water partition coefficient (Wildman–Crippen LogP) is 4.22. The van der Waals surface area contributed by atoms with Crippen LogP contribution in [-0.2, 0) is 6.42 Å². The molecule has 2 aromatic heterocycles. The fraction of sp³-hybridized carbons (Fsp3) is 0.235. The summed E-state index contributed by atoms with van der Waals surface area (Å²) in [5.41, 5.74) is 8.52. The van der Waals surface area contributed by atoms with Crippen molar-refractivity contribution in [3.05, 3.63) is 52.7 Å². The van der Waals surface area contributed by atoms with Crippen LogP contribution in [0.4, 0.5) is 5.69 Å². The van der Waals surface area contributed by atoms with Crippen LogP contribution in [0, 0.1) is 13.8 Å². The van der Waals surface area contributed by atoms with Crippen LogP contribution in [0.1, 0.15) is 17.0 Å². The Bertz CT molecular complexity index is 759. The van der Waals surface area contributed by atoms with Crippen LogP contribution in [0.15, 0.2) is 40.1 Å². The maximum atomic E-state index is 5.79. The van der Waals surface area contributed by atoms with Gasteiger partial charge in [-0.3, -0.25) is 0 Å². The van der Waals surface area contributed by atoms with Crippen LogP contribution >= 0.6 is 11.3 Å². The van der Waals surface area contributed by atoms with Crippen molar-refractivity contribution < 1.29 is 9.15 Å². The molecule has 1 aromatic carbocycles. The Hall–Kier alpha value is -2.27. The van der Waals surface area contributed by atoms with Gasteiger partial charge in [0.05, 0.1) is 17.2 Å². The van der Waals surface area contributed by atoms with Gasteiger partial charge in [0, 0.05) is 12.1 Å². The second-order valence-electron chi connectivity index (χ2n) is 5.12. The average molecular weight is 314 g/mol. The molecule has 22 heavy (non-hydrogen) atoms. The van der Waals surface area contributed by atoms with Gasteiger partial charge < -0.3 is 14.9 Å². The Morgan fingerprint density at radius 2 is 1.95 bits per heavy atom. The Morgan fingerprint density at radius 1 is 1.18 bits per heavy atom. The Labute approximate surface area is 133 Å². The zero-order valence-corrected chi connectivity index (χ0v) is 13.4. The molecular weight excluding hydrogens is 296 g/mol. The molecule has 0 bridgehead atoms. The van der Waals surface area contributed by atoms with Crippen molar-refractivity contribution in [1.29, 1.82) is 0 Å². The molecule has 5 heteroatoms. The first kappa shape index (κ1) is 14.7. The van der Waals surface area contributed by atoms with E-state index in [1.807, 2.05) is 36.6 Å². The number of hydrogen-bond donors (Lipinski definition) is 1. The topological polar surface area (TPSA) is 61.3 Å². The quantitative estimate of drug-likeness (QED) is 0.716. The summed E-state index contributed by atoms with van der Waals surface area (Å²) in [7, 11) is 0. The van der Waals surface area contributed by atoms with E-state index in [1.165, 1.54) is 5.56 Å². The van der Waals surface area contributed by atoms with E-state index >= 15 is 0 Å².